The first kappa shape index (κ1) is 14.4. The summed E-state index contributed by atoms with van der Waals surface area (Å²) in [6.07, 6.45) is 7.91. The first-order valence-corrected chi connectivity index (χ1v) is 8.27. The maximum absolute atomic E-state index is 9.13. The van der Waals surface area contributed by atoms with Crippen LogP contribution in [-0.2, 0) is 0 Å². The van der Waals surface area contributed by atoms with Gasteiger partial charge in [-0.15, -0.1) is 0 Å². The minimum atomic E-state index is -1.14. The van der Waals surface area contributed by atoms with E-state index in [1.54, 1.807) is 0 Å². The molecule has 4 nitrogen and oxygen atoms in total. The molecule has 0 amide bonds. The van der Waals surface area contributed by atoms with Crippen molar-refractivity contribution in [2.75, 3.05) is 6.54 Å². The van der Waals surface area contributed by atoms with E-state index in [4.69, 9.17) is 10.2 Å². The molecule has 4 N–H and O–H groups in total. The van der Waals surface area contributed by atoms with E-state index in [0.717, 1.165) is 19.2 Å². The van der Waals surface area contributed by atoms with Crippen LogP contribution in [0.2, 0.25) is 6.32 Å². The third kappa shape index (κ3) is 3.57. The summed E-state index contributed by atoms with van der Waals surface area (Å²) in [6.45, 7) is 1.77. The zero-order valence-electron chi connectivity index (χ0n) is 12.2. The van der Waals surface area contributed by atoms with E-state index in [1.807, 2.05) is 0 Å². The fourth-order valence-electron chi connectivity index (χ4n) is 4.21. The first-order valence-electron chi connectivity index (χ1n) is 8.27. The van der Waals surface area contributed by atoms with E-state index in [2.05, 4.69) is 16.6 Å². The zero-order chi connectivity index (χ0) is 13.9. The number of aliphatic hydroxyl groups is 2. The van der Waals surface area contributed by atoms with Crippen molar-refractivity contribution in [2.45, 2.75) is 69.5 Å². The smallest absolute Gasteiger partial charge is 0.194 e. The second-order valence-electron chi connectivity index (χ2n) is 6.85. The van der Waals surface area contributed by atoms with Gasteiger partial charge in [-0.25, -0.2) is 0 Å². The molecule has 0 aromatic heterocycles. The molecule has 3 heterocycles. The van der Waals surface area contributed by atoms with Gasteiger partial charge in [0.05, 0.1) is 0 Å². The van der Waals surface area contributed by atoms with E-state index in [1.165, 1.54) is 37.9 Å². The summed E-state index contributed by atoms with van der Waals surface area (Å²) >= 11 is 0. The Bertz CT molecular complexity index is 356. The fraction of sp³-hybridized carbons (Fsp3) is 0.867. The van der Waals surface area contributed by atoms with E-state index < -0.39 is 6.29 Å². The lowest BCUT2D eigenvalue weighted by Gasteiger charge is -2.30. The summed E-state index contributed by atoms with van der Waals surface area (Å²) in [5, 5.41) is 25.6. The molecule has 3 aliphatic rings. The standard InChI is InChI=1S/C15H27BN2O2/c19-15(20)7-11-4-5-14-16(9-11)10-13(18-14)8-12-3-1-2-6-17-12/h10-12,14-15,17-20H,1-9H2. The van der Waals surface area contributed by atoms with Gasteiger partial charge in [0.1, 0.15) is 0 Å². The number of hydrogen-bond acceptors (Lipinski definition) is 4. The average molecular weight is 278 g/mol. The number of hydrogen-bond donors (Lipinski definition) is 4. The molecule has 2 fully saturated rings. The largest absolute Gasteiger partial charge is 0.393 e. The van der Waals surface area contributed by atoms with Crippen LogP contribution in [0.1, 0.15) is 44.9 Å². The molecule has 3 rings (SSSR count). The van der Waals surface area contributed by atoms with Gasteiger partial charge in [0.25, 0.3) is 0 Å². The van der Waals surface area contributed by atoms with Gasteiger partial charge in [0.2, 0.25) is 0 Å². The predicted octanol–water partition coefficient (Wildman–Crippen LogP) is 1.06. The molecule has 3 unspecified atom stereocenters. The van der Waals surface area contributed by atoms with Crippen LogP contribution in [0.25, 0.3) is 0 Å². The van der Waals surface area contributed by atoms with Gasteiger partial charge in [-0.2, -0.15) is 0 Å². The van der Waals surface area contributed by atoms with Crippen LogP contribution in [-0.4, -0.2) is 41.7 Å². The minimum Gasteiger partial charge on any atom is -0.393 e. The molecule has 5 heteroatoms. The van der Waals surface area contributed by atoms with Crippen molar-refractivity contribution >= 4 is 6.71 Å². The summed E-state index contributed by atoms with van der Waals surface area (Å²) in [5.74, 6) is 3.50. The lowest BCUT2D eigenvalue weighted by molar-refractivity contribution is -0.0556. The summed E-state index contributed by atoms with van der Waals surface area (Å²) in [5.41, 5.74) is 1.42. The van der Waals surface area contributed by atoms with Crippen LogP contribution in [0, 0.1) is 5.92 Å². The molecule has 2 saturated heterocycles. The maximum Gasteiger partial charge on any atom is 0.194 e. The summed E-state index contributed by atoms with van der Waals surface area (Å²) in [4.78, 5) is 0. The second-order valence-corrected chi connectivity index (χ2v) is 6.85. The Labute approximate surface area is 122 Å². The first-order chi connectivity index (χ1) is 9.70. The highest BCUT2D eigenvalue weighted by atomic mass is 16.5. The van der Waals surface area contributed by atoms with Crippen molar-refractivity contribution in [1.29, 1.82) is 0 Å². The molecule has 0 aromatic carbocycles. The molecule has 3 aliphatic heterocycles. The number of aliphatic hydroxyl groups excluding tert-OH is 1. The molecule has 0 bridgehead atoms. The van der Waals surface area contributed by atoms with Crippen molar-refractivity contribution in [1.82, 2.24) is 10.6 Å². The zero-order valence-corrected chi connectivity index (χ0v) is 12.2. The fourth-order valence-corrected chi connectivity index (χ4v) is 4.21. The highest BCUT2D eigenvalue weighted by Gasteiger charge is 2.37. The van der Waals surface area contributed by atoms with Gasteiger partial charge in [-0.3, -0.25) is 0 Å². The van der Waals surface area contributed by atoms with Crippen LogP contribution >= 0.6 is 0 Å². The molecule has 0 saturated carbocycles. The highest BCUT2D eigenvalue weighted by Crippen LogP contribution is 2.33. The van der Waals surface area contributed by atoms with E-state index in [-0.39, 0.29) is 0 Å². The Morgan fingerprint density at radius 2 is 2.15 bits per heavy atom. The number of piperidine rings is 1. The number of rotatable bonds is 4. The number of nitrogens with one attached hydrogen (secondary N) is 2. The lowest BCUT2D eigenvalue weighted by Crippen LogP contribution is -2.41. The van der Waals surface area contributed by atoms with Crippen LogP contribution in [0.4, 0.5) is 0 Å². The Morgan fingerprint density at radius 3 is 2.90 bits per heavy atom. The molecule has 0 radical (unpaired) electrons. The average Bonchev–Trinajstić information content (AvgIpc) is 2.80. The molecule has 3 atom stereocenters. The van der Waals surface area contributed by atoms with Crippen molar-refractivity contribution in [3.8, 4) is 0 Å². The highest BCUT2D eigenvalue weighted by molar-refractivity contribution is 6.67. The summed E-state index contributed by atoms with van der Waals surface area (Å²) < 4.78 is 0. The summed E-state index contributed by atoms with van der Waals surface area (Å²) in [6, 6.07) is 0.651. The van der Waals surface area contributed by atoms with Gasteiger partial charge in [0, 0.05) is 24.8 Å². The van der Waals surface area contributed by atoms with E-state index >= 15 is 0 Å². The third-order valence-electron chi connectivity index (χ3n) is 5.22. The van der Waals surface area contributed by atoms with Gasteiger partial charge in [-0.05, 0) is 43.8 Å². The van der Waals surface area contributed by atoms with Crippen molar-refractivity contribution in [3.63, 3.8) is 0 Å². The van der Waals surface area contributed by atoms with E-state index in [9.17, 15) is 0 Å². The third-order valence-corrected chi connectivity index (χ3v) is 5.22. The molecule has 0 spiro atoms. The van der Waals surface area contributed by atoms with Crippen LogP contribution in [0.3, 0.4) is 0 Å². The van der Waals surface area contributed by atoms with Crippen LogP contribution in [0.15, 0.2) is 11.7 Å². The van der Waals surface area contributed by atoms with Gasteiger partial charge >= 0.3 is 0 Å². The molecule has 0 aromatic rings. The quantitative estimate of drug-likeness (QED) is 0.458. The predicted molar refractivity (Wildman–Crippen MR) is 81.4 cm³/mol. The number of fused-ring (bicyclic) bond motifs is 1. The van der Waals surface area contributed by atoms with Gasteiger partial charge in [-0.1, -0.05) is 18.7 Å². The van der Waals surface area contributed by atoms with Gasteiger partial charge in [0.15, 0.2) is 13.0 Å². The minimum absolute atomic E-state index is 0.474. The Hall–Kier alpha value is -0.515. The molecular weight excluding hydrogens is 251 g/mol. The molecular formula is C15H27BN2O2. The SMILES string of the molecule is OC(O)CC1CCC2NC(CC3CCCCN3)=CB2C1. The Morgan fingerprint density at radius 1 is 1.25 bits per heavy atom. The Balaban J connectivity index is 1.52. The molecule has 0 aliphatic carbocycles. The van der Waals surface area contributed by atoms with Crippen molar-refractivity contribution in [3.05, 3.63) is 11.7 Å². The van der Waals surface area contributed by atoms with Crippen LogP contribution < -0.4 is 10.6 Å². The summed E-state index contributed by atoms with van der Waals surface area (Å²) in [7, 11) is 0. The Kier molecular flexibility index (Phi) is 4.69. The topological polar surface area (TPSA) is 64.5 Å². The van der Waals surface area contributed by atoms with Gasteiger partial charge < -0.3 is 20.8 Å². The van der Waals surface area contributed by atoms with Crippen molar-refractivity contribution < 1.29 is 10.2 Å². The van der Waals surface area contributed by atoms with Crippen LogP contribution in [0.5, 0.6) is 0 Å². The monoisotopic (exact) mass is 278 g/mol. The molecule has 20 heavy (non-hydrogen) atoms. The normalized spacial score (nSPS) is 33.9. The lowest BCUT2D eigenvalue weighted by atomic mass is 9.38. The second kappa shape index (κ2) is 6.50. The maximum atomic E-state index is 9.13. The van der Waals surface area contributed by atoms with E-state index in [0.29, 0.717) is 31.0 Å². The van der Waals surface area contributed by atoms with Crippen molar-refractivity contribution in [2.24, 2.45) is 5.92 Å². The molecule has 112 valence electrons.